The molecule has 0 fully saturated rings. The second-order valence-corrected chi connectivity index (χ2v) is 15.7. The summed E-state index contributed by atoms with van der Waals surface area (Å²) in [5.41, 5.74) is 13.2. The van der Waals surface area contributed by atoms with Gasteiger partial charge >= 0.3 is 0 Å². The van der Waals surface area contributed by atoms with Crippen molar-refractivity contribution in [2.45, 2.75) is 0 Å². The van der Waals surface area contributed by atoms with Crippen LogP contribution in [0.25, 0.3) is 115 Å². The molecule has 0 saturated heterocycles. The summed E-state index contributed by atoms with van der Waals surface area (Å²) in [6.45, 7) is 0. The summed E-state index contributed by atoms with van der Waals surface area (Å²) in [6.07, 6.45) is 0. The van der Waals surface area contributed by atoms with Crippen LogP contribution >= 0.6 is 0 Å². The lowest BCUT2D eigenvalue weighted by Gasteiger charge is -2.14. The van der Waals surface area contributed by atoms with Crippen LogP contribution in [-0.4, -0.2) is 13.7 Å². The summed E-state index contributed by atoms with van der Waals surface area (Å²) < 4.78 is 7.34. The third kappa shape index (κ3) is 4.53. The number of hydrogen-bond acceptors (Lipinski definition) is 0. The maximum absolute atomic E-state index is 2.49. The van der Waals surface area contributed by atoms with Crippen LogP contribution in [0, 0.1) is 0 Å². The Balaban J connectivity index is 1.09. The molecule has 0 N–H and O–H groups in total. The van der Waals surface area contributed by atoms with Gasteiger partial charge in [-0.2, -0.15) is 0 Å². The maximum atomic E-state index is 2.49. The average Bonchev–Trinajstić information content (AvgIpc) is 3.95. The first kappa shape index (κ1) is 32.2. The summed E-state index contributed by atoms with van der Waals surface area (Å²) >= 11 is 0. The third-order valence-corrected chi connectivity index (χ3v) is 12.6. The zero-order chi connectivity index (χ0) is 38.6. The number of hydrogen-bond donors (Lipinski definition) is 0. The van der Waals surface area contributed by atoms with E-state index in [1.165, 1.54) is 104 Å². The fourth-order valence-electron chi connectivity index (χ4n) is 10.2. The Bertz CT molecular complexity index is 3840. The van der Waals surface area contributed by atoms with Gasteiger partial charge in [-0.15, -0.1) is 0 Å². The molecule has 3 aromatic heterocycles. The van der Waals surface area contributed by atoms with Gasteiger partial charge in [-0.05, 0) is 94.0 Å². The molecule has 0 amide bonds. The fraction of sp³-hybridized carbons (Fsp3) is 0. The Labute approximate surface area is 339 Å². The van der Waals surface area contributed by atoms with E-state index in [0.29, 0.717) is 0 Å². The van der Waals surface area contributed by atoms with Gasteiger partial charge in [0.1, 0.15) is 0 Å². The van der Waals surface area contributed by atoms with E-state index in [4.69, 9.17) is 0 Å². The van der Waals surface area contributed by atoms with Crippen molar-refractivity contribution < 1.29 is 0 Å². The van der Waals surface area contributed by atoms with E-state index in [0.717, 1.165) is 11.4 Å². The highest BCUT2D eigenvalue weighted by molar-refractivity contribution is 6.23. The van der Waals surface area contributed by atoms with Crippen LogP contribution < -0.4 is 0 Å². The number of benzene rings is 10. The summed E-state index contributed by atoms with van der Waals surface area (Å²) in [6, 6.07) is 78.0. The topological polar surface area (TPSA) is 14.8 Å². The highest BCUT2D eigenvalue weighted by atomic mass is 15.0. The van der Waals surface area contributed by atoms with Crippen molar-refractivity contribution in [1.29, 1.82) is 0 Å². The largest absolute Gasteiger partial charge is 0.309 e. The van der Waals surface area contributed by atoms with Gasteiger partial charge in [-0.1, -0.05) is 146 Å². The predicted molar refractivity (Wildman–Crippen MR) is 250 cm³/mol. The molecule has 0 aliphatic carbocycles. The minimum atomic E-state index is 1.15. The molecule has 0 radical (unpaired) electrons. The Morgan fingerprint density at radius 2 is 0.712 bits per heavy atom. The molecule has 59 heavy (non-hydrogen) atoms. The molecule has 0 bridgehead atoms. The minimum Gasteiger partial charge on any atom is -0.309 e. The highest BCUT2D eigenvalue weighted by Gasteiger charge is 2.22. The van der Waals surface area contributed by atoms with Crippen molar-refractivity contribution in [1.82, 2.24) is 13.7 Å². The number of nitrogens with zero attached hydrogens (tertiary/aromatic N) is 3. The van der Waals surface area contributed by atoms with E-state index in [1.54, 1.807) is 0 Å². The average molecular weight is 750 g/mol. The Kier molecular flexibility index (Phi) is 6.72. The van der Waals surface area contributed by atoms with Crippen LogP contribution in [0.3, 0.4) is 0 Å². The van der Waals surface area contributed by atoms with E-state index < -0.39 is 0 Å². The summed E-state index contributed by atoms with van der Waals surface area (Å²) in [4.78, 5) is 0. The Morgan fingerprint density at radius 1 is 0.237 bits per heavy atom. The van der Waals surface area contributed by atoms with Gasteiger partial charge in [-0.25, -0.2) is 0 Å². The molecule has 13 aromatic rings. The second-order valence-electron chi connectivity index (χ2n) is 15.7. The lowest BCUT2D eigenvalue weighted by molar-refractivity contribution is 1.17. The molecule has 0 aliphatic rings. The lowest BCUT2D eigenvalue weighted by atomic mass is 9.95. The molecular weight excluding hydrogens is 715 g/mol. The maximum Gasteiger partial charge on any atom is 0.0547 e. The van der Waals surface area contributed by atoms with E-state index in [9.17, 15) is 0 Å². The lowest BCUT2D eigenvalue weighted by Crippen LogP contribution is -1.96. The predicted octanol–water partition coefficient (Wildman–Crippen LogP) is 15.0. The van der Waals surface area contributed by atoms with Crippen molar-refractivity contribution in [2.75, 3.05) is 0 Å². The quantitative estimate of drug-likeness (QED) is 0.159. The number of fused-ring (bicyclic) bond motifs is 12. The SMILES string of the molecule is c1ccc(-n2c3ccccc3c3cc(-n4c5ccccc5c5c(-c6cccc7c6c6ccccc6n7-c6cc7ccccc7c7ccccc67)cccc54)ccc32)cc1. The molecule has 274 valence electrons. The normalized spacial score (nSPS) is 12.1. The van der Waals surface area contributed by atoms with Gasteiger partial charge in [-0.3, -0.25) is 0 Å². The zero-order valence-electron chi connectivity index (χ0n) is 32.0. The van der Waals surface area contributed by atoms with Gasteiger partial charge < -0.3 is 13.7 Å². The fourth-order valence-corrected chi connectivity index (χ4v) is 10.2. The van der Waals surface area contributed by atoms with Crippen LogP contribution in [0.2, 0.25) is 0 Å². The molecule has 0 atom stereocenters. The van der Waals surface area contributed by atoms with E-state index in [1.807, 2.05) is 0 Å². The van der Waals surface area contributed by atoms with Crippen molar-refractivity contribution in [3.63, 3.8) is 0 Å². The molecule has 0 saturated carbocycles. The van der Waals surface area contributed by atoms with Gasteiger partial charge in [0.15, 0.2) is 0 Å². The Morgan fingerprint density at radius 3 is 1.41 bits per heavy atom. The van der Waals surface area contributed by atoms with Crippen LogP contribution in [0.4, 0.5) is 0 Å². The first-order valence-electron chi connectivity index (χ1n) is 20.4. The van der Waals surface area contributed by atoms with Gasteiger partial charge in [0.2, 0.25) is 0 Å². The second kappa shape index (κ2) is 12.3. The van der Waals surface area contributed by atoms with E-state index in [-0.39, 0.29) is 0 Å². The first-order valence-corrected chi connectivity index (χ1v) is 20.4. The smallest absolute Gasteiger partial charge is 0.0547 e. The number of aromatic nitrogens is 3. The summed E-state index contributed by atoms with van der Waals surface area (Å²) in [5.74, 6) is 0. The van der Waals surface area contributed by atoms with Crippen LogP contribution in [0.5, 0.6) is 0 Å². The molecule has 0 unspecified atom stereocenters. The molecule has 3 heteroatoms. The number of para-hydroxylation sites is 4. The van der Waals surface area contributed by atoms with E-state index in [2.05, 4.69) is 226 Å². The van der Waals surface area contributed by atoms with Crippen molar-refractivity contribution in [3.8, 4) is 28.2 Å². The Hall–Kier alpha value is -7.88. The van der Waals surface area contributed by atoms with Crippen LogP contribution in [-0.2, 0) is 0 Å². The van der Waals surface area contributed by atoms with Crippen molar-refractivity contribution in [2.24, 2.45) is 0 Å². The highest BCUT2D eigenvalue weighted by Crippen LogP contribution is 2.45. The molecule has 10 aromatic carbocycles. The van der Waals surface area contributed by atoms with E-state index >= 15 is 0 Å². The molecule has 13 rings (SSSR count). The molecule has 0 aliphatic heterocycles. The minimum absolute atomic E-state index is 1.15. The molecule has 3 heterocycles. The van der Waals surface area contributed by atoms with Gasteiger partial charge in [0, 0.05) is 49.1 Å². The first-order chi connectivity index (χ1) is 29.3. The third-order valence-electron chi connectivity index (χ3n) is 12.6. The van der Waals surface area contributed by atoms with Gasteiger partial charge in [0.25, 0.3) is 0 Å². The standard InChI is InChI=1S/C56H35N3/c1-2-17-37(18-3-1)57-48-27-11-8-22-42(48)47-35-38(32-33-51(47)57)58-49-28-12-9-23-45(49)55-43(25-14-30-52(55)58)44-26-15-31-53-56(44)46-24-10-13-29-50(46)59(53)54-34-36-16-4-5-19-39(36)40-20-6-7-21-41(40)54/h1-35H. The molecule has 0 spiro atoms. The molecule has 3 nitrogen and oxygen atoms in total. The number of rotatable bonds is 4. The van der Waals surface area contributed by atoms with Gasteiger partial charge in [0.05, 0.1) is 38.8 Å². The van der Waals surface area contributed by atoms with Crippen LogP contribution in [0.15, 0.2) is 212 Å². The molecular formula is C56H35N3. The summed E-state index contributed by atoms with van der Waals surface area (Å²) in [7, 11) is 0. The van der Waals surface area contributed by atoms with Crippen molar-refractivity contribution in [3.05, 3.63) is 212 Å². The zero-order valence-corrected chi connectivity index (χ0v) is 32.0. The van der Waals surface area contributed by atoms with Crippen LogP contribution in [0.1, 0.15) is 0 Å². The van der Waals surface area contributed by atoms with Crippen molar-refractivity contribution >= 4 is 87.0 Å². The summed E-state index contributed by atoms with van der Waals surface area (Å²) in [5, 5.41) is 12.5. The monoisotopic (exact) mass is 749 g/mol.